The number of piperidine rings is 1. The van der Waals surface area contributed by atoms with Crippen LogP contribution in [0.5, 0.6) is 5.75 Å². The second-order valence-corrected chi connectivity index (χ2v) is 5.88. The molecule has 0 spiro atoms. The molecule has 1 saturated heterocycles. The van der Waals surface area contributed by atoms with Gasteiger partial charge in [0.15, 0.2) is 0 Å². The number of hydrogen-bond donors (Lipinski definition) is 1. The minimum atomic E-state index is -2.86. The van der Waals surface area contributed by atoms with Crippen molar-refractivity contribution in [3.63, 3.8) is 0 Å². The van der Waals surface area contributed by atoms with Crippen LogP contribution in [-0.2, 0) is 6.54 Å². The van der Waals surface area contributed by atoms with Crippen molar-refractivity contribution in [1.29, 1.82) is 0 Å². The number of aliphatic hydroxyl groups is 1. The van der Waals surface area contributed by atoms with Gasteiger partial charge in [-0.2, -0.15) is 8.78 Å². The minimum absolute atomic E-state index is 0.134. The van der Waals surface area contributed by atoms with E-state index in [4.69, 9.17) is 11.6 Å². The molecule has 0 bridgehead atoms. The van der Waals surface area contributed by atoms with Gasteiger partial charge in [-0.3, -0.25) is 4.90 Å². The molecule has 1 fully saturated rings. The van der Waals surface area contributed by atoms with E-state index in [1.165, 1.54) is 12.1 Å². The van der Waals surface area contributed by atoms with Crippen molar-refractivity contribution < 1.29 is 18.6 Å². The van der Waals surface area contributed by atoms with E-state index < -0.39 is 12.2 Å². The predicted octanol–water partition coefficient (Wildman–Crippen LogP) is 3.29. The molecule has 0 saturated carbocycles. The van der Waals surface area contributed by atoms with Crippen LogP contribution < -0.4 is 4.74 Å². The Balaban J connectivity index is 2.13. The highest BCUT2D eigenvalue weighted by atomic mass is 35.5. The van der Waals surface area contributed by atoms with Gasteiger partial charge >= 0.3 is 6.61 Å². The van der Waals surface area contributed by atoms with E-state index in [0.29, 0.717) is 23.7 Å². The quantitative estimate of drug-likeness (QED) is 0.926. The molecule has 0 radical (unpaired) electrons. The molecule has 20 heavy (non-hydrogen) atoms. The van der Waals surface area contributed by atoms with Gasteiger partial charge in [0.25, 0.3) is 0 Å². The Morgan fingerprint density at radius 2 is 2.25 bits per heavy atom. The third-order valence-electron chi connectivity index (χ3n) is 3.39. The number of nitrogens with zero attached hydrogens (tertiary/aromatic N) is 1. The fourth-order valence-electron chi connectivity index (χ4n) is 2.58. The zero-order valence-electron chi connectivity index (χ0n) is 11.3. The van der Waals surface area contributed by atoms with Crippen LogP contribution in [0.25, 0.3) is 0 Å². The van der Waals surface area contributed by atoms with Gasteiger partial charge in [-0.1, -0.05) is 11.6 Å². The molecule has 1 aliphatic rings. The van der Waals surface area contributed by atoms with E-state index in [9.17, 15) is 13.9 Å². The maximum absolute atomic E-state index is 12.4. The first kappa shape index (κ1) is 15.5. The number of alkyl halides is 2. The fraction of sp³-hybridized carbons (Fsp3) is 0.571. The van der Waals surface area contributed by atoms with Gasteiger partial charge in [-0.05, 0) is 44.5 Å². The molecule has 6 heteroatoms. The molecule has 1 heterocycles. The molecule has 2 rings (SSSR count). The summed E-state index contributed by atoms with van der Waals surface area (Å²) >= 11 is 5.92. The van der Waals surface area contributed by atoms with Gasteiger partial charge in [0.2, 0.25) is 0 Å². The van der Waals surface area contributed by atoms with Crippen LogP contribution in [0.4, 0.5) is 8.78 Å². The Morgan fingerprint density at radius 1 is 1.50 bits per heavy atom. The second-order valence-electron chi connectivity index (χ2n) is 5.44. The Morgan fingerprint density at radius 3 is 2.90 bits per heavy atom. The Bertz CT molecular complexity index is 468. The van der Waals surface area contributed by atoms with E-state index in [1.807, 2.05) is 4.90 Å². The Hall–Kier alpha value is -0.910. The molecule has 0 amide bonds. The number of hydrogen-bond acceptors (Lipinski definition) is 3. The van der Waals surface area contributed by atoms with Crippen LogP contribution >= 0.6 is 11.6 Å². The average molecular weight is 306 g/mol. The standard InChI is InChI=1S/C14H18ClF2NO2/c1-14(19)5-2-6-18(9-14)8-10-7-11(15)3-4-12(10)20-13(16)17/h3-4,7,13,19H,2,5-6,8-9H2,1H3. The van der Waals surface area contributed by atoms with Crippen LogP contribution in [0.15, 0.2) is 18.2 Å². The lowest BCUT2D eigenvalue weighted by atomic mass is 9.95. The number of ether oxygens (including phenoxy) is 1. The van der Waals surface area contributed by atoms with Crippen LogP contribution in [0.1, 0.15) is 25.3 Å². The summed E-state index contributed by atoms with van der Waals surface area (Å²) in [5, 5.41) is 10.6. The smallest absolute Gasteiger partial charge is 0.387 e. The van der Waals surface area contributed by atoms with E-state index in [2.05, 4.69) is 4.74 Å². The first-order valence-electron chi connectivity index (χ1n) is 6.54. The summed E-state index contributed by atoms with van der Waals surface area (Å²) in [6.45, 7) is 0.677. The van der Waals surface area contributed by atoms with Crippen molar-refractivity contribution in [3.05, 3.63) is 28.8 Å². The lowest BCUT2D eigenvalue weighted by Crippen LogP contribution is -2.45. The van der Waals surface area contributed by atoms with Crippen LogP contribution in [0, 0.1) is 0 Å². The largest absolute Gasteiger partial charge is 0.434 e. The highest BCUT2D eigenvalue weighted by molar-refractivity contribution is 6.30. The third-order valence-corrected chi connectivity index (χ3v) is 3.62. The zero-order chi connectivity index (χ0) is 14.8. The highest BCUT2D eigenvalue weighted by Gasteiger charge is 2.28. The Kier molecular flexibility index (Phi) is 4.83. The highest BCUT2D eigenvalue weighted by Crippen LogP contribution is 2.28. The zero-order valence-corrected chi connectivity index (χ0v) is 12.0. The summed E-state index contributed by atoms with van der Waals surface area (Å²) in [5.74, 6) is 0.134. The van der Waals surface area contributed by atoms with Crippen LogP contribution in [0.2, 0.25) is 5.02 Å². The van der Waals surface area contributed by atoms with Gasteiger partial charge in [0, 0.05) is 23.7 Å². The molecule has 1 aromatic rings. The SMILES string of the molecule is CC1(O)CCCN(Cc2cc(Cl)ccc2OC(F)F)C1. The summed E-state index contributed by atoms with van der Waals surface area (Å²) in [4.78, 5) is 2.02. The topological polar surface area (TPSA) is 32.7 Å². The predicted molar refractivity (Wildman–Crippen MR) is 73.2 cm³/mol. The number of benzene rings is 1. The van der Waals surface area contributed by atoms with Crippen molar-refractivity contribution >= 4 is 11.6 Å². The molecule has 0 aliphatic carbocycles. The molecule has 3 nitrogen and oxygen atoms in total. The molecule has 1 aliphatic heterocycles. The molecular weight excluding hydrogens is 288 g/mol. The Labute approximate surface area is 122 Å². The molecule has 1 atom stereocenters. The average Bonchev–Trinajstić information content (AvgIpc) is 2.31. The minimum Gasteiger partial charge on any atom is -0.434 e. The maximum atomic E-state index is 12.4. The number of β-amino-alcohol motifs (C(OH)–C–C–N with tert-alkyl or cyclic N) is 1. The van der Waals surface area contributed by atoms with E-state index in [-0.39, 0.29) is 5.75 Å². The normalized spacial score (nSPS) is 24.1. The fourth-order valence-corrected chi connectivity index (χ4v) is 2.78. The third kappa shape index (κ3) is 4.30. The van der Waals surface area contributed by atoms with Crippen LogP contribution in [-0.4, -0.2) is 35.3 Å². The van der Waals surface area contributed by atoms with E-state index in [1.54, 1.807) is 13.0 Å². The van der Waals surface area contributed by atoms with Crippen molar-refractivity contribution in [2.75, 3.05) is 13.1 Å². The molecule has 0 aromatic heterocycles. The summed E-state index contributed by atoms with van der Waals surface area (Å²) in [6, 6.07) is 4.60. The van der Waals surface area contributed by atoms with Crippen LogP contribution in [0.3, 0.4) is 0 Å². The molecule has 1 aromatic carbocycles. The van der Waals surface area contributed by atoms with Gasteiger partial charge in [0.05, 0.1) is 5.60 Å². The summed E-state index contributed by atoms with van der Waals surface area (Å²) in [7, 11) is 0. The van der Waals surface area contributed by atoms with Gasteiger partial charge in [-0.25, -0.2) is 0 Å². The monoisotopic (exact) mass is 305 g/mol. The maximum Gasteiger partial charge on any atom is 0.387 e. The molecular formula is C14H18ClF2NO2. The van der Waals surface area contributed by atoms with E-state index in [0.717, 1.165) is 19.4 Å². The number of rotatable bonds is 4. The first-order valence-corrected chi connectivity index (χ1v) is 6.91. The first-order chi connectivity index (χ1) is 9.35. The van der Waals surface area contributed by atoms with Crippen molar-refractivity contribution in [1.82, 2.24) is 4.90 Å². The molecule has 1 unspecified atom stereocenters. The lowest BCUT2D eigenvalue weighted by Gasteiger charge is -2.37. The number of likely N-dealkylation sites (tertiary alicyclic amines) is 1. The van der Waals surface area contributed by atoms with E-state index >= 15 is 0 Å². The van der Waals surface area contributed by atoms with Crippen molar-refractivity contribution in [2.24, 2.45) is 0 Å². The second kappa shape index (κ2) is 6.24. The molecule has 1 N–H and O–H groups in total. The lowest BCUT2D eigenvalue weighted by molar-refractivity contribution is -0.0518. The number of halogens is 3. The summed E-state index contributed by atoms with van der Waals surface area (Å²) in [5.41, 5.74) is -0.129. The van der Waals surface area contributed by atoms with Crippen molar-refractivity contribution in [2.45, 2.75) is 38.5 Å². The summed E-state index contributed by atoms with van der Waals surface area (Å²) < 4.78 is 29.3. The van der Waals surface area contributed by atoms with Gasteiger partial charge < -0.3 is 9.84 Å². The summed E-state index contributed by atoms with van der Waals surface area (Å²) in [6.07, 6.45) is 1.62. The van der Waals surface area contributed by atoms with Gasteiger partial charge in [-0.15, -0.1) is 0 Å². The van der Waals surface area contributed by atoms with Gasteiger partial charge in [0.1, 0.15) is 5.75 Å². The van der Waals surface area contributed by atoms with Crippen molar-refractivity contribution in [3.8, 4) is 5.75 Å². The molecule has 112 valence electrons.